The smallest absolute Gasteiger partial charge is 0.277 e. The highest BCUT2D eigenvalue weighted by Crippen LogP contribution is 2.16. The summed E-state index contributed by atoms with van der Waals surface area (Å²) in [5.41, 5.74) is 3.78. The molecule has 2 rings (SSSR count). The number of carbonyl (C=O) groups excluding carboxylic acids is 2. The number of nitrogens with zero attached hydrogens (tertiary/aromatic N) is 1. The molecule has 0 aliphatic heterocycles. The minimum atomic E-state index is -0.420. The standard InChI is InChI=1S/C20H22ClN3O4/c1-14(11-19(25)22-12-15-3-5-16(21)6-4-15)23-24-20(26)13-28-18-9-7-17(27-2)8-10-18/h3-10H,11-13H2,1-2H3,(H,22,25)(H,24,26)/b23-14-. The summed E-state index contributed by atoms with van der Waals surface area (Å²) in [6.45, 7) is 1.86. The summed E-state index contributed by atoms with van der Waals surface area (Å²) >= 11 is 5.82. The second-order valence-electron chi connectivity index (χ2n) is 5.93. The molecular weight excluding hydrogens is 382 g/mol. The highest BCUT2D eigenvalue weighted by molar-refractivity contribution is 6.30. The third kappa shape index (κ3) is 7.67. The number of ether oxygens (including phenoxy) is 2. The van der Waals surface area contributed by atoms with Gasteiger partial charge in [0.2, 0.25) is 5.91 Å². The Morgan fingerprint density at radius 3 is 2.29 bits per heavy atom. The van der Waals surface area contributed by atoms with E-state index in [4.69, 9.17) is 21.1 Å². The number of benzene rings is 2. The molecule has 0 aliphatic carbocycles. The number of nitrogens with one attached hydrogen (secondary N) is 2. The van der Waals surface area contributed by atoms with Crippen LogP contribution in [0.4, 0.5) is 0 Å². The monoisotopic (exact) mass is 403 g/mol. The summed E-state index contributed by atoms with van der Waals surface area (Å²) in [5, 5.41) is 7.33. The maximum Gasteiger partial charge on any atom is 0.277 e. The fourth-order valence-electron chi connectivity index (χ4n) is 2.15. The number of hydrogen-bond donors (Lipinski definition) is 2. The molecule has 0 atom stereocenters. The predicted octanol–water partition coefficient (Wildman–Crippen LogP) is 2.93. The van der Waals surface area contributed by atoms with E-state index >= 15 is 0 Å². The molecule has 0 spiro atoms. The Labute approximate surface area is 168 Å². The Bertz CT molecular complexity index is 820. The fraction of sp³-hybridized carbons (Fsp3) is 0.250. The van der Waals surface area contributed by atoms with Crippen LogP contribution >= 0.6 is 11.6 Å². The van der Waals surface area contributed by atoms with Gasteiger partial charge in [0, 0.05) is 17.3 Å². The van der Waals surface area contributed by atoms with Gasteiger partial charge in [-0.15, -0.1) is 0 Å². The summed E-state index contributed by atoms with van der Waals surface area (Å²) in [6.07, 6.45) is 0.0766. The van der Waals surface area contributed by atoms with Crippen LogP contribution in [-0.2, 0) is 16.1 Å². The summed E-state index contributed by atoms with van der Waals surface area (Å²) in [5.74, 6) is 0.626. The van der Waals surface area contributed by atoms with E-state index in [-0.39, 0.29) is 18.9 Å². The van der Waals surface area contributed by atoms with Gasteiger partial charge in [0.05, 0.1) is 13.5 Å². The van der Waals surface area contributed by atoms with Crippen LogP contribution in [0.3, 0.4) is 0 Å². The lowest BCUT2D eigenvalue weighted by Gasteiger charge is -2.07. The van der Waals surface area contributed by atoms with Gasteiger partial charge in [0.1, 0.15) is 11.5 Å². The van der Waals surface area contributed by atoms with E-state index in [2.05, 4.69) is 15.8 Å². The first-order chi connectivity index (χ1) is 13.5. The Morgan fingerprint density at radius 2 is 1.64 bits per heavy atom. The van der Waals surface area contributed by atoms with Gasteiger partial charge < -0.3 is 14.8 Å². The summed E-state index contributed by atoms with van der Waals surface area (Å²) in [7, 11) is 1.57. The van der Waals surface area contributed by atoms with Gasteiger partial charge >= 0.3 is 0 Å². The quantitative estimate of drug-likeness (QED) is 0.497. The first-order valence-electron chi connectivity index (χ1n) is 8.56. The number of amides is 2. The lowest BCUT2D eigenvalue weighted by Crippen LogP contribution is -2.28. The van der Waals surface area contributed by atoms with Crippen molar-refractivity contribution in [2.45, 2.75) is 19.9 Å². The highest BCUT2D eigenvalue weighted by atomic mass is 35.5. The predicted molar refractivity (Wildman–Crippen MR) is 108 cm³/mol. The number of methoxy groups -OCH3 is 1. The molecule has 0 saturated carbocycles. The van der Waals surface area contributed by atoms with Crippen molar-refractivity contribution in [2.75, 3.05) is 13.7 Å². The van der Waals surface area contributed by atoms with E-state index in [1.807, 2.05) is 12.1 Å². The van der Waals surface area contributed by atoms with Crippen LogP contribution in [0.15, 0.2) is 53.6 Å². The molecule has 0 saturated heterocycles. The molecule has 0 unspecified atom stereocenters. The Hall–Kier alpha value is -3.06. The Balaban J connectivity index is 1.69. The molecule has 2 N–H and O–H groups in total. The number of rotatable bonds is 9. The molecule has 0 aromatic heterocycles. The second kappa shape index (κ2) is 10.9. The first kappa shape index (κ1) is 21.2. The molecule has 0 fully saturated rings. The van der Waals surface area contributed by atoms with Gasteiger partial charge in [0.15, 0.2) is 6.61 Å². The van der Waals surface area contributed by atoms with Crippen LogP contribution < -0.4 is 20.2 Å². The zero-order valence-electron chi connectivity index (χ0n) is 15.7. The largest absolute Gasteiger partial charge is 0.497 e. The molecule has 2 amide bonds. The summed E-state index contributed by atoms with van der Waals surface area (Å²) in [6, 6.07) is 14.1. The van der Waals surface area contributed by atoms with Crippen molar-refractivity contribution in [3.05, 3.63) is 59.1 Å². The van der Waals surface area contributed by atoms with Crippen LogP contribution in [0.5, 0.6) is 11.5 Å². The molecule has 0 radical (unpaired) electrons. The number of carbonyl (C=O) groups is 2. The molecule has 148 valence electrons. The molecule has 7 nitrogen and oxygen atoms in total. The maximum atomic E-state index is 11.9. The van der Waals surface area contributed by atoms with E-state index in [9.17, 15) is 9.59 Å². The van der Waals surface area contributed by atoms with Gasteiger partial charge in [-0.25, -0.2) is 5.43 Å². The van der Waals surface area contributed by atoms with Gasteiger partial charge in [-0.1, -0.05) is 23.7 Å². The molecule has 2 aromatic carbocycles. The third-order valence-corrected chi connectivity index (χ3v) is 3.87. The fourth-order valence-corrected chi connectivity index (χ4v) is 2.27. The highest BCUT2D eigenvalue weighted by Gasteiger charge is 2.06. The number of hydrogen-bond acceptors (Lipinski definition) is 5. The van der Waals surface area contributed by atoms with Crippen LogP contribution in [-0.4, -0.2) is 31.2 Å². The average Bonchev–Trinajstić information content (AvgIpc) is 2.70. The Kier molecular flexibility index (Phi) is 8.30. The van der Waals surface area contributed by atoms with E-state index in [0.29, 0.717) is 28.8 Å². The molecule has 0 aliphatic rings. The molecule has 8 heteroatoms. The minimum absolute atomic E-state index is 0.0766. The summed E-state index contributed by atoms with van der Waals surface area (Å²) < 4.78 is 10.4. The molecule has 0 heterocycles. The van der Waals surface area contributed by atoms with Crippen molar-refractivity contribution in [1.29, 1.82) is 0 Å². The van der Waals surface area contributed by atoms with E-state index in [1.54, 1.807) is 50.4 Å². The van der Waals surface area contributed by atoms with Crippen molar-refractivity contribution in [3.8, 4) is 11.5 Å². The van der Waals surface area contributed by atoms with Crippen LogP contribution in [0.1, 0.15) is 18.9 Å². The average molecular weight is 404 g/mol. The number of halogens is 1. The van der Waals surface area contributed by atoms with E-state index in [1.165, 1.54) is 0 Å². The van der Waals surface area contributed by atoms with Crippen molar-refractivity contribution in [2.24, 2.45) is 5.10 Å². The molecule has 0 bridgehead atoms. The number of hydrazone groups is 1. The second-order valence-corrected chi connectivity index (χ2v) is 6.36. The lowest BCUT2D eigenvalue weighted by atomic mass is 10.2. The maximum absolute atomic E-state index is 11.9. The van der Waals surface area contributed by atoms with E-state index < -0.39 is 5.91 Å². The zero-order chi connectivity index (χ0) is 20.4. The van der Waals surface area contributed by atoms with E-state index in [0.717, 1.165) is 5.56 Å². The van der Waals surface area contributed by atoms with Crippen molar-refractivity contribution < 1.29 is 19.1 Å². The normalized spacial score (nSPS) is 10.9. The molecule has 2 aromatic rings. The van der Waals surface area contributed by atoms with Crippen LogP contribution in [0.2, 0.25) is 5.02 Å². The van der Waals surface area contributed by atoms with Crippen molar-refractivity contribution in [3.63, 3.8) is 0 Å². The SMILES string of the molecule is COc1ccc(OCC(=O)N/N=C(/C)CC(=O)NCc2ccc(Cl)cc2)cc1. The van der Waals surface area contributed by atoms with Crippen LogP contribution in [0.25, 0.3) is 0 Å². The Morgan fingerprint density at radius 1 is 1.00 bits per heavy atom. The lowest BCUT2D eigenvalue weighted by molar-refractivity contribution is -0.123. The van der Waals surface area contributed by atoms with Crippen LogP contribution in [0, 0.1) is 0 Å². The van der Waals surface area contributed by atoms with Crippen molar-refractivity contribution in [1.82, 2.24) is 10.7 Å². The minimum Gasteiger partial charge on any atom is -0.497 e. The zero-order valence-corrected chi connectivity index (χ0v) is 16.5. The summed E-state index contributed by atoms with van der Waals surface area (Å²) in [4.78, 5) is 23.7. The van der Waals surface area contributed by atoms with Gasteiger partial charge in [-0.05, 0) is 48.9 Å². The first-order valence-corrected chi connectivity index (χ1v) is 8.94. The molecule has 28 heavy (non-hydrogen) atoms. The van der Waals surface area contributed by atoms with Gasteiger partial charge in [0.25, 0.3) is 5.91 Å². The van der Waals surface area contributed by atoms with Crippen molar-refractivity contribution >= 4 is 29.1 Å². The topological polar surface area (TPSA) is 89.0 Å². The van der Waals surface area contributed by atoms with Gasteiger partial charge in [-0.3, -0.25) is 9.59 Å². The molecular formula is C20H22ClN3O4. The van der Waals surface area contributed by atoms with Gasteiger partial charge in [-0.2, -0.15) is 5.10 Å². The third-order valence-electron chi connectivity index (χ3n) is 3.62.